The molecule has 0 spiro atoms. The molecular weight excluding hydrogens is 304 g/mol. The number of hydrogen-bond acceptors (Lipinski definition) is 3. The van der Waals surface area contributed by atoms with Crippen LogP contribution in [0.2, 0.25) is 0 Å². The van der Waals surface area contributed by atoms with Crippen LogP contribution < -0.4 is 15.4 Å². The average molecular weight is 334 g/mol. The highest BCUT2D eigenvalue weighted by molar-refractivity contribution is 5.86. The minimum Gasteiger partial charge on any atom is -0.496 e. The van der Waals surface area contributed by atoms with E-state index in [2.05, 4.69) is 29.5 Å². The summed E-state index contributed by atoms with van der Waals surface area (Å²) < 4.78 is 5.42. The number of guanidine groups is 1. The highest BCUT2D eigenvalue weighted by atomic mass is 16.5. The fraction of sp³-hybridized carbons (Fsp3) is 0.556. The fourth-order valence-electron chi connectivity index (χ4n) is 1.95. The van der Waals surface area contributed by atoms with E-state index in [1.807, 2.05) is 25.1 Å². The van der Waals surface area contributed by atoms with E-state index in [-0.39, 0.29) is 18.5 Å². The molecule has 0 heterocycles. The van der Waals surface area contributed by atoms with Crippen LogP contribution in [0, 0.1) is 6.92 Å². The molecule has 0 radical (unpaired) electrons. The molecule has 1 atom stereocenters. The van der Waals surface area contributed by atoms with Gasteiger partial charge in [0.15, 0.2) is 5.96 Å². The topological polar surface area (TPSA) is 66.0 Å². The molecule has 24 heavy (non-hydrogen) atoms. The van der Waals surface area contributed by atoms with Crippen LogP contribution >= 0.6 is 0 Å². The van der Waals surface area contributed by atoms with Gasteiger partial charge in [-0.05, 0) is 31.9 Å². The zero-order valence-corrected chi connectivity index (χ0v) is 15.6. The van der Waals surface area contributed by atoms with Crippen molar-refractivity contribution in [3.05, 3.63) is 29.3 Å². The van der Waals surface area contributed by atoms with Crippen molar-refractivity contribution in [1.82, 2.24) is 15.5 Å². The number of methoxy groups -OCH3 is 1. The van der Waals surface area contributed by atoms with Crippen LogP contribution in [0.3, 0.4) is 0 Å². The summed E-state index contributed by atoms with van der Waals surface area (Å²) in [6.45, 7) is 6.90. The number of carbonyl (C=O) groups is 1. The summed E-state index contributed by atoms with van der Waals surface area (Å²) in [5.74, 6) is 1.45. The third kappa shape index (κ3) is 6.48. The summed E-state index contributed by atoms with van der Waals surface area (Å²) in [6, 6.07) is 6.32. The average Bonchev–Trinajstić information content (AvgIpc) is 2.57. The molecule has 0 fully saturated rings. The van der Waals surface area contributed by atoms with E-state index in [4.69, 9.17) is 4.74 Å². The Labute approximate surface area is 145 Å². The molecule has 1 aromatic rings. The standard InChI is InChI=1S/C18H30N4O2/c1-7-14(3)21-18(20-12-17(23)22(4)5)19-11-15-9-8-13(2)10-16(15)24-6/h8-10,14H,7,11-12H2,1-6H3,(H2,19,20,21). The first kappa shape index (κ1) is 19.8. The fourth-order valence-corrected chi connectivity index (χ4v) is 1.95. The van der Waals surface area contributed by atoms with Crippen LogP contribution in [0.25, 0.3) is 0 Å². The predicted molar refractivity (Wildman–Crippen MR) is 98.5 cm³/mol. The van der Waals surface area contributed by atoms with E-state index in [0.717, 1.165) is 23.3 Å². The number of likely N-dealkylation sites (N-methyl/N-ethyl adjacent to an activating group) is 1. The van der Waals surface area contributed by atoms with E-state index in [9.17, 15) is 4.79 Å². The molecule has 0 saturated heterocycles. The highest BCUT2D eigenvalue weighted by Gasteiger charge is 2.09. The molecule has 0 aliphatic heterocycles. The first-order chi connectivity index (χ1) is 11.4. The Balaban J connectivity index is 2.85. The lowest BCUT2D eigenvalue weighted by molar-refractivity contribution is -0.127. The summed E-state index contributed by atoms with van der Waals surface area (Å²) in [4.78, 5) is 17.9. The number of amides is 1. The van der Waals surface area contributed by atoms with E-state index < -0.39 is 0 Å². The van der Waals surface area contributed by atoms with E-state index in [0.29, 0.717) is 12.5 Å². The maximum atomic E-state index is 11.8. The van der Waals surface area contributed by atoms with Gasteiger partial charge in [-0.3, -0.25) is 4.79 Å². The van der Waals surface area contributed by atoms with Crippen molar-refractivity contribution in [2.75, 3.05) is 27.7 Å². The molecule has 1 rings (SSSR count). The zero-order valence-electron chi connectivity index (χ0n) is 15.6. The lowest BCUT2D eigenvalue weighted by atomic mass is 10.1. The minimum absolute atomic E-state index is 0.00145. The van der Waals surface area contributed by atoms with E-state index >= 15 is 0 Å². The Hall–Kier alpha value is -2.24. The molecule has 134 valence electrons. The van der Waals surface area contributed by atoms with E-state index in [1.54, 1.807) is 26.1 Å². The molecule has 0 aliphatic carbocycles. The summed E-state index contributed by atoms with van der Waals surface area (Å²) in [7, 11) is 5.13. The maximum absolute atomic E-state index is 11.8. The van der Waals surface area contributed by atoms with Crippen molar-refractivity contribution in [2.45, 2.75) is 39.8 Å². The van der Waals surface area contributed by atoms with Crippen LogP contribution in [-0.2, 0) is 11.3 Å². The SMILES string of the molecule is CCC(C)NC(=NCc1ccc(C)cc1OC)NCC(=O)N(C)C. The lowest BCUT2D eigenvalue weighted by Gasteiger charge is -2.18. The second-order valence-corrected chi connectivity index (χ2v) is 6.08. The lowest BCUT2D eigenvalue weighted by Crippen LogP contribution is -2.45. The van der Waals surface area contributed by atoms with Crippen molar-refractivity contribution in [1.29, 1.82) is 0 Å². The largest absolute Gasteiger partial charge is 0.496 e. The summed E-state index contributed by atoms with van der Waals surface area (Å²) in [5, 5.41) is 6.40. The van der Waals surface area contributed by atoms with Crippen molar-refractivity contribution in [3.8, 4) is 5.75 Å². The Morgan fingerprint density at radius 1 is 1.38 bits per heavy atom. The van der Waals surface area contributed by atoms with Gasteiger partial charge >= 0.3 is 0 Å². The molecule has 2 N–H and O–H groups in total. The predicted octanol–water partition coefficient (Wildman–Crippen LogP) is 1.93. The van der Waals surface area contributed by atoms with Crippen LogP contribution in [0.1, 0.15) is 31.4 Å². The Bertz CT molecular complexity index is 570. The molecular formula is C18H30N4O2. The molecule has 0 aliphatic rings. The molecule has 1 amide bonds. The molecule has 1 unspecified atom stereocenters. The number of rotatable bonds is 7. The van der Waals surface area contributed by atoms with Crippen LogP contribution in [0.4, 0.5) is 0 Å². The van der Waals surface area contributed by atoms with Crippen molar-refractivity contribution < 1.29 is 9.53 Å². The van der Waals surface area contributed by atoms with Gasteiger partial charge in [-0.1, -0.05) is 19.1 Å². The minimum atomic E-state index is 0.00145. The van der Waals surface area contributed by atoms with Crippen LogP contribution in [0.5, 0.6) is 5.75 Å². The molecule has 6 nitrogen and oxygen atoms in total. The smallest absolute Gasteiger partial charge is 0.241 e. The number of aliphatic imine (C=N–C) groups is 1. The molecule has 0 bridgehead atoms. The molecule has 0 aromatic heterocycles. The van der Waals surface area contributed by atoms with Gasteiger partial charge in [0.2, 0.25) is 5.91 Å². The van der Waals surface area contributed by atoms with Gasteiger partial charge in [-0.25, -0.2) is 4.99 Å². The number of ether oxygens (including phenoxy) is 1. The highest BCUT2D eigenvalue weighted by Crippen LogP contribution is 2.20. The summed E-state index contributed by atoms with van der Waals surface area (Å²) in [6.07, 6.45) is 0.968. The number of nitrogens with one attached hydrogen (secondary N) is 2. The molecule has 6 heteroatoms. The van der Waals surface area contributed by atoms with Crippen molar-refractivity contribution in [3.63, 3.8) is 0 Å². The van der Waals surface area contributed by atoms with Gasteiger partial charge in [-0.15, -0.1) is 0 Å². The number of carbonyl (C=O) groups excluding carboxylic acids is 1. The third-order valence-corrected chi connectivity index (χ3v) is 3.75. The number of benzene rings is 1. The van der Waals surface area contributed by atoms with Crippen molar-refractivity contribution in [2.24, 2.45) is 4.99 Å². The van der Waals surface area contributed by atoms with Gasteiger partial charge in [0.05, 0.1) is 20.2 Å². The van der Waals surface area contributed by atoms with Crippen LogP contribution in [-0.4, -0.2) is 50.6 Å². The second kappa shape index (κ2) is 9.80. The van der Waals surface area contributed by atoms with Gasteiger partial charge in [-0.2, -0.15) is 0 Å². The van der Waals surface area contributed by atoms with Gasteiger partial charge in [0.1, 0.15) is 5.75 Å². The van der Waals surface area contributed by atoms with Crippen LogP contribution in [0.15, 0.2) is 23.2 Å². The van der Waals surface area contributed by atoms with Gasteiger partial charge < -0.3 is 20.3 Å². The Kier molecular flexibility index (Phi) is 8.09. The van der Waals surface area contributed by atoms with Gasteiger partial charge in [0, 0.05) is 25.7 Å². The van der Waals surface area contributed by atoms with E-state index in [1.165, 1.54) is 0 Å². The molecule has 1 aromatic carbocycles. The monoisotopic (exact) mass is 334 g/mol. The number of aryl methyl sites for hydroxylation is 1. The van der Waals surface area contributed by atoms with Crippen molar-refractivity contribution >= 4 is 11.9 Å². The summed E-state index contributed by atoms with van der Waals surface area (Å²) in [5.41, 5.74) is 2.15. The number of nitrogens with zero attached hydrogens (tertiary/aromatic N) is 2. The Morgan fingerprint density at radius 3 is 2.67 bits per heavy atom. The van der Waals surface area contributed by atoms with Gasteiger partial charge in [0.25, 0.3) is 0 Å². The first-order valence-electron chi connectivity index (χ1n) is 8.25. The zero-order chi connectivity index (χ0) is 18.1. The Morgan fingerprint density at radius 2 is 2.08 bits per heavy atom. The first-order valence-corrected chi connectivity index (χ1v) is 8.25. The quantitative estimate of drug-likeness (QED) is 0.591. The third-order valence-electron chi connectivity index (χ3n) is 3.75. The number of hydrogen-bond donors (Lipinski definition) is 2. The second-order valence-electron chi connectivity index (χ2n) is 6.08. The molecule has 0 saturated carbocycles. The normalized spacial score (nSPS) is 12.5. The maximum Gasteiger partial charge on any atom is 0.241 e. The summed E-state index contributed by atoms with van der Waals surface area (Å²) >= 11 is 0.